The molecule has 0 aliphatic carbocycles. The molecule has 2 atom stereocenters. The van der Waals surface area contributed by atoms with Crippen LogP contribution in [0.2, 0.25) is 0 Å². The van der Waals surface area contributed by atoms with Gasteiger partial charge in [0.15, 0.2) is 0 Å². The smallest absolute Gasteiger partial charge is 0.108 e. The Balaban J connectivity index is 2.44. The van der Waals surface area contributed by atoms with Gasteiger partial charge in [0.05, 0.1) is 6.04 Å². The first-order valence-corrected chi connectivity index (χ1v) is 6.42. The van der Waals surface area contributed by atoms with Gasteiger partial charge < -0.3 is 5.73 Å². The van der Waals surface area contributed by atoms with Crippen molar-refractivity contribution in [3.05, 3.63) is 0 Å². The van der Waals surface area contributed by atoms with Crippen molar-refractivity contribution in [2.45, 2.75) is 45.7 Å². The number of piperazine rings is 1. The minimum atomic E-state index is 0.152. The molecule has 1 rings (SSSR count). The van der Waals surface area contributed by atoms with E-state index in [0.717, 1.165) is 32.6 Å². The molecule has 94 valence electrons. The van der Waals surface area contributed by atoms with Gasteiger partial charge in [-0.2, -0.15) is 0 Å². The van der Waals surface area contributed by atoms with Crippen LogP contribution in [-0.2, 0) is 0 Å². The molecule has 1 heterocycles. The van der Waals surface area contributed by atoms with Gasteiger partial charge in [-0.1, -0.05) is 13.8 Å². The van der Waals surface area contributed by atoms with E-state index < -0.39 is 0 Å². The summed E-state index contributed by atoms with van der Waals surface area (Å²) < 4.78 is 0. The fraction of sp³-hybridized carbons (Fsp3) is 0.917. The second-order valence-corrected chi connectivity index (χ2v) is 4.71. The highest BCUT2D eigenvalue weighted by Gasteiger charge is 2.25. The van der Waals surface area contributed by atoms with E-state index in [1.807, 2.05) is 0 Å². The minimum Gasteiger partial charge on any atom is -0.386 e. The number of nitrogens with zero attached hydrogens (tertiary/aromatic N) is 2. The van der Waals surface area contributed by atoms with Gasteiger partial charge in [-0.15, -0.1) is 0 Å². The van der Waals surface area contributed by atoms with Gasteiger partial charge in [0, 0.05) is 32.2 Å². The lowest BCUT2D eigenvalue weighted by Gasteiger charge is -2.40. The van der Waals surface area contributed by atoms with E-state index in [1.165, 1.54) is 6.42 Å². The molecule has 4 nitrogen and oxygen atoms in total. The lowest BCUT2D eigenvalue weighted by atomic mass is 10.1. The molecule has 0 aromatic heterocycles. The van der Waals surface area contributed by atoms with Gasteiger partial charge in [-0.05, 0) is 19.8 Å². The van der Waals surface area contributed by atoms with Crippen molar-refractivity contribution >= 4 is 5.84 Å². The first-order chi connectivity index (χ1) is 7.60. The minimum absolute atomic E-state index is 0.152. The fourth-order valence-corrected chi connectivity index (χ4v) is 2.42. The van der Waals surface area contributed by atoms with Crippen LogP contribution in [0.25, 0.3) is 0 Å². The van der Waals surface area contributed by atoms with Gasteiger partial charge in [0.1, 0.15) is 5.84 Å². The quantitative estimate of drug-likeness (QED) is 0.545. The molecule has 0 radical (unpaired) electrons. The summed E-state index contributed by atoms with van der Waals surface area (Å²) in [6.07, 6.45) is 2.16. The van der Waals surface area contributed by atoms with Crippen LogP contribution >= 0.6 is 0 Å². The molecule has 0 bridgehead atoms. The summed E-state index contributed by atoms with van der Waals surface area (Å²) in [6, 6.07) is 0.832. The molecule has 0 amide bonds. The molecule has 0 aromatic carbocycles. The third-order valence-electron chi connectivity index (χ3n) is 3.75. The molecular weight excluding hydrogens is 200 g/mol. The van der Waals surface area contributed by atoms with Crippen LogP contribution in [-0.4, -0.2) is 53.9 Å². The maximum absolute atomic E-state index is 7.58. The average Bonchev–Trinajstić information content (AvgIpc) is 2.29. The predicted molar refractivity (Wildman–Crippen MR) is 68.9 cm³/mol. The second kappa shape index (κ2) is 6.21. The molecule has 1 saturated heterocycles. The van der Waals surface area contributed by atoms with E-state index in [-0.39, 0.29) is 6.04 Å². The number of hydrogen-bond donors (Lipinski definition) is 2. The lowest BCUT2D eigenvalue weighted by molar-refractivity contribution is 0.0878. The molecule has 4 heteroatoms. The first kappa shape index (κ1) is 13.5. The van der Waals surface area contributed by atoms with Crippen molar-refractivity contribution in [2.75, 3.05) is 26.2 Å². The van der Waals surface area contributed by atoms with Gasteiger partial charge in [0.25, 0.3) is 0 Å². The summed E-state index contributed by atoms with van der Waals surface area (Å²) in [4.78, 5) is 4.88. The van der Waals surface area contributed by atoms with Gasteiger partial charge in [-0.25, -0.2) is 0 Å². The van der Waals surface area contributed by atoms with Gasteiger partial charge in [0.2, 0.25) is 0 Å². The van der Waals surface area contributed by atoms with Gasteiger partial charge in [-0.3, -0.25) is 15.2 Å². The Morgan fingerprint density at radius 3 is 2.00 bits per heavy atom. The summed E-state index contributed by atoms with van der Waals surface area (Å²) in [5, 5.41) is 7.58. The van der Waals surface area contributed by atoms with Gasteiger partial charge >= 0.3 is 0 Å². The van der Waals surface area contributed by atoms with Crippen molar-refractivity contribution in [3.8, 4) is 0 Å². The number of nitrogens with two attached hydrogens (primary N) is 1. The standard InChI is InChI=1S/C12H26N4/c1-4-10(3)15-6-8-16(9-7-15)11(5-2)12(13)14/h10-11H,4-9H2,1-3H3,(H3,13,14). The summed E-state index contributed by atoms with van der Waals surface area (Å²) in [5.74, 6) is 0.319. The third kappa shape index (κ3) is 3.19. The maximum atomic E-state index is 7.58. The summed E-state index contributed by atoms with van der Waals surface area (Å²) in [7, 11) is 0. The van der Waals surface area contributed by atoms with Crippen LogP contribution < -0.4 is 5.73 Å². The molecule has 0 spiro atoms. The van der Waals surface area contributed by atoms with Crippen molar-refractivity contribution < 1.29 is 0 Å². The zero-order valence-electron chi connectivity index (χ0n) is 10.9. The Labute approximate surface area is 99.3 Å². The molecule has 1 fully saturated rings. The first-order valence-electron chi connectivity index (χ1n) is 6.42. The predicted octanol–water partition coefficient (Wildman–Crippen LogP) is 1.12. The number of amidine groups is 1. The maximum Gasteiger partial charge on any atom is 0.108 e. The van der Waals surface area contributed by atoms with Crippen LogP contribution in [0.3, 0.4) is 0 Å². The Hall–Kier alpha value is -0.610. The van der Waals surface area contributed by atoms with E-state index in [9.17, 15) is 0 Å². The highest BCUT2D eigenvalue weighted by molar-refractivity contribution is 5.82. The summed E-state index contributed by atoms with van der Waals surface area (Å²) in [6.45, 7) is 10.9. The van der Waals surface area contributed by atoms with E-state index >= 15 is 0 Å². The zero-order valence-corrected chi connectivity index (χ0v) is 10.9. The Morgan fingerprint density at radius 2 is 1.62 bits per heavy atom. The SMILES string of the molecule is CCC(C)N1CCN(C(CC)C(=N)N)CC1. The molecule has 3 N–H and O–H groups in total. The molecule has 1 aliphatic rings. The van der Waals surface area contributed by atoms with Crippen LogP contribution in [0.4, 0.5) is 0 Å². The molecule has 16 heavy (non-hydrogen) atoms. The summed E-state index contributed by atoms with van der Waals surface area (Å²) in [5.41, 5.74) is 5.63. The third-order valence-corrected chi connectivity index (χ3v) is 3.75. The van der Waals surface area contributed by atoms with E-state index in [0.29, 0.717) is 11.9 Å². The highest BCUT2D eigenvalue weighted by atomic mass is 15.3. The van der Waals surface area contributed by atoms with Crippen molar-refractivity contribution in [2.24, 2.45) is 5.73 Å². The second-order valence-electron chi connectivity index (χ2n) is 4.71. The molecule has 2 unspecified atom stereocenters. The van der Waals surface area contributed by atoms with Crippen molar-refractivity contribution in [1.29, 1.82) is 5.41 Å². The average molecular weight is 226 g/mol. The fourth-order valence-electron chi connectivity index (χ4n) is 2.42. The molecule has 1 aliphatic heterocycles. The molecule has 0 saturated carbocycles. The zero-order chi connectivity index (χ0) is 12.1. The highest BCUT2D eigenvalue weighted by Crippen LogP contribution is 2.12. The number of nitrogens with one attached hydrogen (secondary N) is 1. The Morgan fingerprint density at radius 1 is 1.12 bits per heavy atom. The van der Waals surface area contributed by atoms with Crippen LogP contribution in [0.1, 0.15) is 33.6 Å². The van der Waals surface area contributed by atoms with Crippen LogP contribution in [0.15, 0.2) is 0 Å². The van der Waals surface area contributed by atoms with E-state index in [1.54, 1.807) is 0 Å². The Bertz CT molecular complexity index is 221. The number of rotatable bonds is 5. The largest absolute Gasteiger partial charge is 0.386 e. The summed E-state index contributed by atoms with van der Waals surface area (Å²) >= 11 is 0. The molecular formula is C12H26N4. The van der Waals surface area contributed by atoms with Crippen molar-refractivity contribution in [3.63, 3.8) is 0 Å². The normalized spacial score (nSPS) is 22.9. The molecule has 0 aromatic rings. The van der Waals surface area contributed by atoms with Crippen LogP contribution in [0, 0.1) is 5.41 Å². The van der Waals surface area contributed by atoms with Crippen LogP contribution in [0.5, 0.6) is 0 Å². The lowest BCUT2D eigenvalue weighted by Crippen LogP contribution is -2.55. The van der Waals surface area contributed by atoms with Crippen molar-refractivity contribution in [1.82, 2.24) is 9.80 Å². The number of hydrogen-bond acceptors (Lipinski definition) is 3. The topological polar surface area (TPSA) is 56.4 Å². The van der Waals surface area contributed by atoms with E-state index in [4.69, 9.17) is 11.1 Å². The van der Waals surface area contributed by atoms with E-state index in [2.05, 4.69) is 30.6 Å². The Kier molecular flexibility index (Phi) is 5.22. The monoisotopic (exact) mass is 226 g/mol.